The number of guanidine groups is 1. The predicted molar refractivity (Wildman–Crippen MR) is 76.1 cm³/mol. The van der Waals surface area contributed by atoms with Gasteiger partial charge in [-0.05, 0) is 45.4 Å². The molecule has 1 fully saturated rings. The maximum absolute atomic E-state index is 5.83. The molecule has 106 valence electrons. The summed E-state index contributed by atoms with van der Waals surface area (Å²) >= 11 is 0. The summed E-state index contributed by atoms with van der Waals surface area (Å²) in [6.07, 6.45) is 5.93. The molecule has 19 heavy (non-hydrogen) atoms. The summed E-state index contributed by atoms with van der Waals surface area (Å²) < 4.78 is 5.14. The number of aliphatic imine (C=N–C) groups is 1. The maximum Gasteiger partial charge on any atom is 0.188 e. The van der Waals surface area contributed by atoms with E-state index in [0.717, 1.165) is 43.3 Å². The van der Waals surface area contributed by atoms with E-state index in [0.29, 0.717) is 5.96 Å². The summed E-state index contributed by atoms with van der Waals surface area (Å²) in [6.45, 7) is 5.65. The average molecular weight is 264 g/mol. The van der Waals surface area contributed by atoms with Gasteiger partial charge in [0, 0.05) is 18.7 Å². The molecule has 0 bridgehead atoms. The number of nitrogens with zero attached hydrogens (tertiary/aromatic N) is 2. The molecule has 0 spiro atoms. The molecule has 3 N–H and O–H groups in total. The molecule has 1 aliphatic rings. The first-order valence-corrected chi connectivity index (χ1v) is 7.12. The maximum atomic E-state index is 5.83. The fraction of sp³-hybridized carbons (Fsp3) is 0.714. The van der Waals surface area contributed by atoms with Crippen LogP contribution in [0.25, 0.3) is 0 Å². The van der Waals surface area contributed by atoms with Crippen LogP contribution >= 0.6 is 0 Å². The number of aromatic nitrogens is 1. The van der Waals surface area contributed by atoms with Crippen LogP contribution in [0.3, 0.4) is 0 Å². The van der Waals surface area contributed by atoms with Gasteiger partial charge in [-0.15, -0.1) is 0 Å². The van der Waals surface area contributed by atoms with Crippen LogP contribution in [-0.4, -0.2) is 24.2 Å². The van der Waals surface area contributed by atoms with Gasteiger partial charge in [-0.2, -0.15) is 0 Å². The van der Waals surface area contributed by atoms with E-state index >= 15 is 0 Å². The van der Waals surface area contributed by atoms with E-state index in [4.69, 9.17) is 10.3 Å². The van der Waals surface area contributed by atoms with Gasteiger partial charge in [0.25, 0.3) is 0 Å². The summed E-state index contributed by atoms with van der Waals surface area (Å²) in [5.41, 5.74) is 8.03. The molecule has 2 rings (SSSR count). The summed E-state index contributed by atoms with van der Waals surface area (Å²) in [5.74, 6) is 2.26. The van der Waals surface area contributed by atoms with E-state index in [9.17, 15) is 0 Å². The first-order valence-electron chi connectivity index (χ1n) is 7.12. The summed E-state index contributed by atoms with van der Waals surface area (Å²) in [7, 11) is 0. The van der Waals surface area contributed by atoms with Crippen molar-refractivity contribution in [2.45, 2.75) is 46.0 Å². The highest BCUT2D eigenvalue weighted by atomic mass is 16.5. The normalized spacial score (nSPS) is 16.4. The molecule has 1 saturated carbocycles. The summed E-state index contributed by atoms with van der Waals surface area (Å²) in [6, 6.07) is 0. The van der Waals surface area contributed by atoms with Gasteiger partial charge in [-0.25, -0.2) is 0 Å². The lowest BCUT2D eigenvalue weighted by molar-refractivity contribution is 0.326. The first kappa shape index (κ1) is 13.9. The molecule has 0 aliphatic heterocycles. The molecule has 5 heteroatoms. The summed E-state index contributed by atoms with van der Waals surface area (Å²) in [4.78, 5) is 4.37. The first-order chi connectivity index (χ1) is 9.16. The lowest BCUT2D eigenvalue weighted by Crippen LogP contribution is -2.33. The monoisotopic (exact) mass is 264 g/mol. The van der Waals surface area contributed by atoms with Crippen LogP contribution in [0.4, 0.5) is 0 Å². The molecular formula is C14H24N4O. The fourth-order valence-electron chi connectivity index (χ4n) is 2.30. The van der Waals surface area contributed by atoms with Gasteiger partial charge in [-0.1, -0.05) is 11.6 Å². The fourth-order valence-corrected chi connectivity index (χ4v) is 2.30. The highest BCUT2D eigenvalue weighted by Crippen LogP contribution is 2.26. The molecule has 5 nitrogen and oxygen atoms in total. The Hall–Kier alpha value is -1.52. The molecule has 0 radical (unpaired) electrons. The van der Waals surface area contributed by atoms with Crippen LogP contribution in [0, 0.1) is 19.8 Å². The van der Waals surface area contributed by atoms with Crippen molar-refractivity contribution < 1.29 is 4.52 Å². The quantitative estimate of drug-likeness (QED) is 0.467. The van der Waals surface area contributed by atoms with E-state index in [-0.39, 0.29) is 0 Å². The second-order valence-corrected chi connectivity index (χ2v) is 5.36. The average Bonchev–Trinajstić information content (AvgIpc) is 2.63. The van der Waals surface area contributed by atoms with Gasteiger partial charge in [0.15, 0.2) is 5.96 Å². The Morgan fingerprint density at radius 3 is 2.84 bits per heavy atom. The number of nitrogens with two attached hydrogens (primary N) is 1. The van der Waals surface area contributed by atoms with Crippen molar-refractivity contribution in [3.63, 3.8) is 0 Å². The third-order valence-electron chi connectivity index (χ3n) is 3.84. The molecule has 1 aliphatic carbocycles. The zero-order valence-corrected chi connectivity index (χ0v) is 11.9. The Kier molecular flexibility index (Phi) is 4.82. The third kappa shape index (κ3) is 3.98. The highest BCUT2D eigenvalue weighted by Gasteiger charge is 2.16. The molecule has 0 amide bonds. The topological polar surface area (TPSA) is 76.4 Å². The molecule has 0 atom stereocenters. The Bertz CT molecular complexity index is 415. The van der Waals surface area contributed by atoms with Crippen LogP contribution in [0.5, 0.6) is 0 Å². The van der Waals surface area contributed by atoms with Gasteiger partial charge in [0.05, 0.1) is 5.69 Å². The molecular weight excluding hydrogens is 240 g/mol. The highest BCUT2D eigenvalue weighted by molar-refractivity contribution is 5.77. The van der Waals surface area contributed by atoms with Crippen molar-refractivity contribution in [2.24, 2.45) is 16.6 Å². The minimum absolute atomic E-state index is 0.575. The van der Waals surface area contributed by atoms with E-state index in [2.05, 4.69) is 15.5 Å². The van der Waals surface area contributed by atoms with Gasteiger partial charge < -0.3 is 15.6 Å². The van der Waals surface area contributed by atoms with Crippen LogP contribution < -0.4 is 11.1 Å². The van der Waals surface area contributed by atoms with E-state index in [1.807, 2.05) is 13.8 Å². The van der Waals surface area contributed by atoms with Gasteiger partial charge in [0.2, 0.25) is 0 Å². The number of nitrogens with one attached hydrogen (secondary N) is 1. The van der Waals surface area contributed by atoms with Crippen molar-refractivity contribution in [2.75, 3.05) is 13.1 Å². The van der Waals surface area contributed by atoms with Gasteiger partial charge >= 0.3 is 0 Å². The van der Waals surface area contributed by atoms with E-state index in [1.165, 1.54) is 24.8 Å². The Morgan fingerprint density at radius 1 is 1.47 bits per heavy atom. The van der Waals surface area contributed by atoms with Crippen LogP contribution in [-0.2, 0) is 6.42 Å². The Labute approximate surface area is 114 Å². The van der Waals surface area contributed by atoms with E-state index in [1.54, 1.807) is 0 Å². The second kappa shape index (κ2) is 6.59. The molecule has 1 aromatic heterocycles. The van der Waals surface area contributed by atoms with Crippen LogP contribution in [0.15, 0.2) is 9.52 Å². The molecule has 0 saturated heterocycles. The molecule has 0 unspecified atom stereocenters. The third-order valence-corrected chi connectivity index (χ3v) is 3.84. The standard InChI is InChI=1S/C14H24N4O/c1-10-13(11(2)19-18-10)7-4-8-16-14(15)17-9-12-5-3-6-12/h12H,3-9H2,1-2H3,(H3,15,16,17). The second-order valence-electron chi connectivity index (χ2n) is 5.36. The molecule has 0 aromatic carbocycles. The van der Waals surface area contributed by atoms with Crippen molar-refractivity contribution in [3.8, 4) is 0 Å². The number of aryl methyl sites for hydroxylation is 2. The van der Waals surface area contributed by atoms with Crippen molar-refractivity contribution in [1.82, 2.24) is 10.5 Å². The predicted octanol–water partition coefficient (Wildman–Crippen LogP) is 1.93. The van der Waals surface area contributed by atoms with Crippen LogP contribution in [0.1, 0.15) is 42.7 Å². The van der Waals surface area contributed by atoms with Gasteiger partial charge in [-0.3, -0.25) is 4.99 Å². The van der Waals surface area contributed by atoms with Crippen LogP contribution in [0.2, 0.25) is 0 Å². The minimum atomic E-state index is 0.575. The number of hydrogen-bond acceptors (Lipinski definition) is 3. The Morgan fingerprint density at radius 2 is 2.26 bits per heavy atom. The van der Waals surface area contributed by atoms with Crippen molar-refractivity contribution in [1.29, 1.82) is 0 Å². The number of rotatable bonds is 6. The lowest BCUT2D eigenvalue weighted by Gasteiger charge is -2.23. The smallest absolute Gasteiger partial charge is 0.188 e. The molecule has 1 heterocycles. The number of hydrogen-bond donors (Lipinski definition) is 2. The summed E-state index contributed by atoms with van der Waals surface area (Å²) in [5, 5.41) is 7.12. The molecule has 1 aromatic rings. The SMILES string of the molecule is Cc1noc(C)c1CCCNC(N)=NCC1CCC1. The van der Waals surface area contributed by atoms with E-state index < -0.39 is 0 Å². The van der Waals surface area contributed by atoms with Crippen molar-refractivity contribution in [3.05, 3.63) is 17.0 Å². The zero-order valence-electron chi connectivity index (χ0n) is 11.9. The van der Waals surface area contributed by atoms with Gasteiger partial charge in [0.1, 0.15) is 5.76 Å². The van der Waals surface area contributed by atoms with Crippen molar-refractivity contribution >= 4 is 5.96 Å². The largest absolute Gasteiger partial charge is 0.370 e. The zero-order chi connectivity index (χ0) is 13.7. The Balaban J connectivity index is 1.63. The lowest BCUT2D eigenvalue weighted by atomic mass is 9.86. The minimum Gasteiger partial charge on any atom is -0.370 e.